The Bertz CT molecular complexity index is 992. The summed E-state index contributed by atoms with van der Waals surface area (Å²) in [5, 5.41) is 18.8. The number of carbonyl (C=O) groups is 4. The van der Waals surface area contributed by atoms with E-state index < -0.39 is 11.9 Å². The summed E-state index contributed by atoms with van der Waals surface area (Å²) in [6, 6.07) is 20.1. The van der Waals surface area contributed by atoms with Crippen molar-refractivity contribution in [1.82, 2.24) is 9.80 Å². The minimum atomic E-state index is -1.55. The van der Waals surface area contributed by atoms with Crippen LogP contribution >= 0.6 is 0 Å². The highest BCUT2D eigenvalue weighted by Crippen LogP contribution is 2.19. The molecule has 0 radical (unpaired) electrons. The highest BCUT2D eigenvalue weighted by Gasteiger charge is 2.29. The SMILES string of the molecule is NCC1CC(=O)N(Cc2ccccc2)C1.NCC1CC(=O)N(Cc2ccccc2)C1.O=C([O-])/C=C/C(=O)[O-]. The van der Waals surface area contributed by atoms with E-state index in [-0.39, 0.29) is 11.8 Å². The summed E-state index contributed by atoms with van der Waals surface area (Å²) in [6.07, 6.45) is 2.00. The minimum Gasteiger partial charge on any atom is -0.545 e. The van der Waals surface area contributed by atoms with Crippen LogP contribution in [0.4, 0.5) is 0 Å². The maximum Gasteiger partial charge on any atom is 0.223 e. The number of likely N-dealkylation sites (tertiary alicyclic amines) is 2. The molecule has 0 saturated carbocycles. The summed E-state index contributed by atoms with van der Waals surface area (Å²) in [4.78, 5) is 45.9. The lowest BCUT2D eigenvalue weighted by molar-refractivity contribution is -0.301. The van der Waals surface area contributed by atoms with E-state index in [9.17, 15) is 29.4 Å². The van der Waals surface area contributed by atoms with Crippen LogP contribution in [0.3, 0.4) is 0 Å². The van der Waals surface area contributed by atoms with Gasteiger partial charge in [0.15, 0.2) is 0 Å². The molecule has 2 amide bonds. The molecular weight excluding hydrogens is 488 g/mol. The fourth-order valence-corrected chi connectivity index (χ4v) is 4.07. The van der Waals surface area contributed by atoms with Crippen LogP contribution in [-0.2, 0) is 32.3 Å². The zero-order valence-corrected chi connectivity index (χ0v) is 21.2. The first-order valence-electron chi connectivity index (χ1n) is 12.3. The molecule has 2 saturated heterocycles. The van der Waals surface area contributed by atoms with Gasteiger partial charge in [0, 0.05) is 39.0 Å². The molecule has 2 heterocycles. The number of hydrogen-bond donors (Lipinski definition) is 2. The fourth-order valence-electron chi connectivity index (χ4n) is 4.07. The Morgan fingerprint density at radius 3 is 1.32 bits per heavy atom. The molecule has 2 aliphatic heterocycles. The first-order chi connectivity index (χ1) is 18.2. The molecule has 2 unspecified atom stereocenters. The smallest absolute Gasteiger partial charge is 0.223 e. The lowest BCUT2D eigenvalue weighted by Crippen LogP contribution is -2.25. The van der Waals surface area contributed by atoms with E-state index in [1.54, 1.807) is 0 Å². The van der Waals surface area contributed by atoms with Crippen molar-refractivity contribution in [2.24, 2.45) is 23.3 Å². The number of carboxylic acids is 2. The lowest BCUT2D eigenvalue weighted by atomic mass is 10.1. The first kappa shape index (κ1) is 30.2. The minimum absolute atomic E-state index is 0.231. The molecule has 204 valence electrons. The predicted octanol–water partition coefficient (Wildman–Crippen LogP) is -0.970. The number of carboxylic acid groups (broad SMARTS) is 2. The van der Waals surface area contributed by atoms with Crippen LogP contribution in [0.1, 0.15) is 24.0 Å². The van der Waals surface area contributed by atoms with Gasteiger partial charge in [-0.05, 0) is 48.2 Å². The van der Waals surface area contributed by atoms with Crippen molar-refractivity contribution in [3.8, 4) is 0 Å². The van der Waals surface area contributed by atoms with Crippen molar-refractivity contribution in [2.45, 2.75) is 25.9 Å². The van der Waals surface area contributed by atoms with Crippen LogP contribution in [0, 0.1) is 11.8 Å². The van der Waals surface area contributed by atoms with Crippen molar-refractivity contribution in [3.63, 3.8) is 0 Å². The van der Waals surface area contributed by atoms with Gasteiger partial charge in [-0.25, -0.2) is 0 Å². The first-order valence-corrected chi connectivity index (χ1v) is 12.3. The average Bonchev–Trinajstić information content (AvgIpc) is 3.45. The van der Waals surface area contributed by atoms with Crippen LogP contribution in [0.5, 0.6) is 0 Å². The summed E-state index contributed by atoms with van der Waals surface area (Å²) in [5.74, 6) is -1.94. The second-order valence-electron chi connectivity index (χ2n) is 9.10. The molecule has 0 aromatic heterocycles. The molecular formula is C28H34N4O6-2. The molecule has 2 atom stereocenters. The number of nitrogens with zero attached hydrogens (tertiary/aromatic N) is 2. The molecule has 2 aromatic rings. The van der Waals surface area contributed by atoms with Gasteiger partial charge in [-0.3, -0.25) is 9.59 Å². The monoisotopic (exact) mass is 522 g/mol. The Morgan fingerprint density at radius 1 is 0.711 bits per heavy atom. The van der Waals surface area contributed by atoms with E-state index in [1.165, 1.54) is 11.1 Å². The van der Waals surface area contributed by atoms with Crippen molar-refractivity contribution < 1.29 is 29.4 Å². The fraction of sp³-hybridized carbons (Fsp3) is 0.357. The van der Waals surface area contributed by atoms with Gasteiger partial charge in [0.05, 0.1) is 11.9 Å². The van der Waals surface area contributed by atoms with E-state index >= 15 is 0 Å². The van der Waals surface area contributed by atoms with Crippen LogP contribution in [-0.4, -0.2) is 59.7 Å². The van der Waals surface area contributed by atoms with Gasteiger partial charge >= 0.3 is 0 Å². The number of carbonyl (C=O) groups excluding carboxylic acids is 4. The van der Waals surface area contributed by atoms with E-state index in [0.717, 1.165) is 26.2 Å². The zero-order chi connectivity index (χ0) is 27.9. The predicted molar refractivity (Wildman–Crippen MR) is 137 cm³/mol. The summed E-state index contributed by atoms with van der Waals surface area (Å²) in [7, 11) is 0. The van der Waals surface area contributed by atoms with Crippen molar-refractivity contribution in [3.05, 3.63) is 83.9 Å². The molecule has 4 rings (SSSR count). The van der Waals surface area contributed by atoms with E-state index in [4.69, 9.17) is 11.5 Å². The van der Waals surface area contributed by atoms with Crippen LogP contribution in [0.15, 0.2) is 72.8 Å². The Balaban J connectivity index is 0.000000211. The van der Waals surface area contributed by atoms with Crippen LogP contribution < -0.4 is 21.7 Å². The summed E-state index contributed by atoms with van der Waals surface area (Å²) in [6.45, 7) is 4.27. The second-order valence-corrected chi connectivity index (χ2v) is 9.10. The summed E-state index contributed by atoms with van der Waals surface area (Å²) in [5.41, 5.74) is 13.5. The highest BCUT2D eigenvalue weighted by atomic mass is 16.4. The lowest BCUT2D eigenvalue weighted by Gasteiger charge is -2.16. The standard InChI is InChI=1S/2C12H16N2O.C4H4O4/c2*13-7-11-6-12(15)14(9-11)8-10-4-2-1-3-5-10;5-3(6)1-2-4(7)8/h2*1-5,11H,6-9,13H2;1-2H,(H,5,6)(H,7,8)/p-2/b;;2-1+. The van der Waals surface area contributed by atoms with Crippen LogP contribution in [0.25, 0.3) is 0 Å². The number of amides is 2. The van der Waals surface area contributed by atoms with Crippen molar-refractivity contribution in [1.29, 1.82) is 0 Å². The number of hydrogen-bond acceptors (Lipinski definition) is 8. The molecule has 10 nitrogen and oxygen atoms in total. The van der Waals surface area contributed by atoms with Crippen molar-refractivity contribution in [2.75, 3.05) is 26.2 Å². The maximum atomic E-state index is 11.6. The molecule has 0 bridgehead atoms. The van der Waals surface area contributed by atoms with Gasteiger partial charge in [0.25, 0.3) is 0 Å². The normalized spacial score (nSPS) is 18.6. The van der Waals surface area contributed by atoms with E-state index in [1.807, 2.05) is 70.5 Å². The molecule has 2 aliphatic rings. The third kappa shape index (κ3) is 10.9. The molecule has 4 N–H and O–H groups in total. The van der Waals surface area contributed by atoms with Gasteiger partial charge in [-0.2, -0.15) is 0 Å². The molecule has 10 heteroatoms. The summed E-state index contributed by atoms with van der Waals surface area (Å²) < 4.78 is 0. The quantitative estimate of drug-likeness (QED) is 0.417. The van der Waals surface area contributed by atoms with Gasteiger partial charge in [0.1, 0.15) is 0 Å². The molecule has 38 heavy (non-hydrogen) atoms. The Hall–Kier alpha value is -4.02. The Labute approximate surface area is 222 Å². The number of nitrogens with two attached hydrogens (primary N) is 2. The van der Waals surface area contributed by atoms with Gasteiger partial charge < -0.3 is 41.1 Å². The second kappa shape index (κ2) is 16.0. The third-order valence-electron chi connectivity index (χ3n) is 6.04. The highest BCUT2D eigenvalue weighted by molar-refractivity contribution is 5.87. The summed E-state index contributed by atoms with van der Waals surface area (Å²) >= 11 is 0. The molecule has 2 fully saturated rings. The Kier molecular flexibility index (Phi) is 12.7. The third-order valence-corrected chi connectivity index (χ3v) is 6.04. The topological polar surface area (TPSA) is 173 Å². The Morgan fingerprint density at radius 2 is 1.05 bits per heavy atom. The van der Waals surface area contributed by atoms with E-state index in [2.05, 4.69) is 0 Å². The van der Waals surface area contributed by atoms with Gasteiger partial charge in [-0.1, -0.05) is 60.7 Å². The molecule has 0 spiro atoms. The zero-order valence-electron chi connectivity index (χ0n) is 21.2. The van der Waals surface area contributed by atoms with Gasteiger partial charge in [-0.15, -0.1) is 0 Å². The number of aliphatic carboxylic acids is 2. The molecule has 0 aliphatic carbocycles. The largest absolute Gasteiger partial charge is 0.545 e. The maximum absolute atomic E-state index is 11.6. The average molecular weight is 523 g/mol. The van der Waals surface area contributed by atoms with Crippen molar-refractivity contribution >= 4 is 23.8 Å². The number of rotatable bonds is 8. The van der Waals surface area contributed by atoms with Gasteiger partial charge in [0.2, 0.25) is 11.8 Å². The number of benzene rings is 2. The molecule has 2 aromatic carbocycles. The van der Waals surface area contributed by atoms with E-state index in [0.29, 0.717) is 49.9 Å². The van der Waals surface area contributed by atoms with Crippen LogP contribution in [0.2, 0.25) is 0 Å².